The van der Waals surface area contributed by atoms with Crippen molar-refractivity contribution >= 4 is 16.7 Å². The minimum absolute atomic E-state index is 0.197. The molecule has 1 atom stereocenters. The van der Waals surface area contributed by atoms with Gasteiger partial charge in [0, 0.05) is 0 Å². The van der Waals surface area contributed by atoms with Crippen molar-refractivity contribution in [2.75, 3.05) is 7.11 Å². The predicted molar refractivity (Wildman–Crippen MR) is 72.8 cm³/mol. The van der Waals surface area contributed by atoms with E-state index in [1.807, 2.05) is 42.5 Å². The maximum Gasteiger partial charge on any atom is 0.339 e. The van der Waals surface area contributed by atoms with Crippen LogP contribution in [0.15, 0.2) is 42.5 Å². The van der Waals surface area contributed by atoms with Gasteiger partial charge in [-0.3, -0.25) is 0 Å². The monoisotopic (exact) mass is 256 g/mol. The highest BCUT2D eigenvalue weighted by Gasteiger charge is 2.32. The van der Waals surface area contributed by atoms with Gasteiger partial charge in [0.2, 0.25) is 0 Å². The topological polar surface area (TPSA) is 35.5 Å². The Kier molecular flexibility index (Phi) is 3.22. The fourth-order valence-electron chi connectivity index (χ4n) is 2.24. The van der Waals surface area contributed by atoms with Gasteiger partial charge in [0.1, 0.15) is 0 Å². The molecule has 0 aliphatic heterocycles. The van der Waals surface area contributed by atoms with Crippen molar-refractivity contribution < 1.29 is 14.3 Å². The second-order valence-electron chi connectivity index (χ2n) is 4.81. The van der Waals surface area contributed by atoms with Crippen molar-refractivity contribution in [1.29, 1.82) is 0 Å². The van der Waals surface area contributed by atoms with E-state index in [2.05, 4.69) is 0 Å². The zero-order chi connectivity index (χ0) is 13.2. The van der Waals surface area contributed by atoms with Crippen molar-refractivity contribution in [3.8, 4) is 0 Å². The molecule has 3 nitrogen and oxygen atoms in total. The minimum Gasteiger partial charge on any atom is -0.467 e. The lowest BCUT2D eigenvalue weighted by Gasteiger charge is -2.17. The molecular weight excluding hydrogens is 240 g/mol. The number of ether oxygens (including phenoxy) is 2. The molecule has 0 N–H and O–H groups in total. The summed E-state index contributed by atoms with van der Waals surface area (Å²) in [6.07, 6.45) is 1.63. The zero-order valence-electron chi connectivity index (χ0n) is 10.8. The van der Waals surface area contributed by atoms with Crippen LogP contribution in [0.4, 0.5) is 0 Å². The van der Waals surface area contributed by atoms with Gasteiger partial charge >= 0.3 is 5.97 Å². The van der Waals surface area contributed by atoms with E-state index in [9.17, 15) is 4.79 Å². The highest BCUT2D eigenvalue weighted by atomic mass is 16.6. The standard InChI is InChI=1S/C16H16O3/c1-18-16(17)15(19-12-9-10-12)14-8-4-6-11-5-2-3-7-13(11)14/h2-8,12,15H,9-10H2,1H3. The molecule has 0 aromatic heterocycles. The molecule has 1 aliphatic carbocycles. The Labute approximate surface area is 112 Å². The zero-order valence-corrected chi connectivity index (χ0v) is 10.8. The quantitative estimate of drug-likeness (QED) is 0.788. The van der Waals surface area contributed by atoms with Gasteiger partial charge < -0.3 is 9.47 Å². The van der Waals surface area contributed by atoms with Crippen LogP contribution in [0.25, 0.3) is 10.8 Å². The SMILES string of the molecule is COC(=O)C(OC1CC1)c1cccc2ccccc12. The first-order valence-corrected chi connectivity index (χ1v) is 6.50. The van der Waals surface area contributed by atoms with Crippen LogP contribution in [0, 0.1) is 0 Å². The van der Waals surface area contributed by atoms with Crippen LogP contribution in [0.5, 0.6) is 0 Å². The van der Waals surface area contributed by atoms with Crippen LogP contribution in [0.2, 0.25) is 0 Å². The van der Waals surface area contributed by atoms with Gasteiger partial charge in [-0.2, -0.15) is 0 Å². The highest BCUT2D eigenvalue weighted by molar-refractivity contribution is 5.90. The fourth-order valence-corrected chi connectivity index (χ4v) is 2.24. The van der Waals surface area contributed by atoms with Crippen LogP contribution in [-0.4, -0.2) is 19.2 Å². The number of hydrogen-bond acceptors (Lipinski definition) is 3. The summed E-state index contributed by atoms with van der Waals surface area (Å²) in [6.45, 7) is 0. The van der Waals surface area contributed by atoms with Crippen molar-refractivity contribution in [1.82, 2.24) is 0 Å². The van der Waals surface area contributed by atoms with E-state index in [-0.39, 0.29) is 12.1 Å². The van der Waals surface area contributed by atoms with Crippen LogP contribution < -0.4 is 0 Å². The second-order valence-corrected chi connectivity index (χ2v) is 4.81. The van der Waals surface area contributed by atoms with Crippen LogP contribution in [0.1, 0.15) is 24.5 Å². The molecule has 0 bridgehead atoms. The van der Waals surface area contributed by atoms with Crippen molar-refractivity contribution in [2.24, 2.45) is 0 Å². The van der Waals surface area contributed by atoms with E-state index in [1.54, 1.807) is 0 Å². The number of carbonyl (C=O) groups excluding carboxylic acids is 1. The first kappa shape index (κ1) is 12.2. The molecule has 0 amide bonds. The smallest absolute Gasteiger partial charge is 0.339 e. The first-order chi connectivity index (χ1) is 9.29. The molecular formula is C16H16O3. The molecule has 0 heterocycles. The first-order valence-electron chi connectivity index (χ1n) is 6.50. The van der Waals surface area contributed by atoms with Gasteiger partial charge in [-0.1, -0.05) is 42.5 Å². The molecule has 0 saturated heterocycles. The number of fused-ring (bicyclic) bond motifs is 1. The predicted octanol–water partition coefficient (Wildman–Crippen LogP) is 3.23. The second kappa shape index (κ2) is 5.02. The third-order valence-electron chi connectivity index (χ3n) is 3.37. The average molecular weight is 256 g/mol. The Morgan fingerprint density at radius 1 is 1.16 bits per heavy atom. The van der Waals surface area contributed by atoms with Crippen molar-refractivity contribution in [2.45, 2.75) is 25.0 Å². The Hall–Kier alpha value is -1.87. The van der Waals surface area contributed by atoms with Gasteiger partial charge in [-0.25, -0.2) is 4.79 Å². The Morgan fingerprint density at radius 2 is 1.89 bits per heavy atom. The molecule has 2 aromatic carbocycles. The van der Waals surface area contributed by atoms with E-state index in [0.717, 1.165) is 29.2 Å². The summed E-state index contributed by atoms with van der Waals surface area (Å²) in [5, 5.41) is 2.15. The van der Waals surface area contributed by atoms with E-state index < -0.39 is 6.10 Å². The maximum absolute atomic E-state index is 12.0. The van der Waals surface area contributed by atoms with Crippen LogP contribution in [0.3, 0.4) is 0 Å². The third kappa shape index (κ3) is 2.47. The van der Waals surface area contributed by atoms with E-state index >= 15 is 0 Å². The molecule has 3 heteroatoms. The summed E-state index contributed by atoms with van der Waals surface area (Å²) in [7, 11) is 1.40. The van der Waals surface area contributed by atoms with E-state index in [1.165, 1.54) is 7.11 Å². The minimum atomic E-state index is -0.622. The number of methoxy groups -OCH3 is 1. The Balaban J connectivity index is 2.05. The molecule has 98 valence electrons. The lowest BCUT2D eigenvalue weighted by atomic mass is 10.0. The van der Waals surface area contributed by atoms with Gasteiger partial charge in [-0.15, -0.1) is 0 Å². The molecule has 2 aromatic rings. The summed E-state index contributed by atoms with van der Waals surface area (Å²) in [6, 6.07) is 13.9. The Bertz CT molecular complexity index is 596. The largest absolute Gasteiger partial charge is 0.467 e. The lowest BCUT2D eigenvalue weighted by molar-refractivity contribution is -0.155. The average Bonchev–Trinajstić information content (AvgIpc) is 3.27. The molecule has 1 unspecified atom stereocenters. The number of rotatable bonds is 4. The summed E-state index contributed by atoms with van der Waals surface area (Å²) >= 11 is 0. The molecule has 1 aliphatic rings. The van der Waals surface area contributed by atoms with Gasteiger partial charge in [0.05, 0.1) is 13.2 Å². The van der Waals surface area contributed by atoms with Crippen molar-refractivity contribution in [3.63, 3.8) is 0 Å². The summed E-state index contributed by atoms with van der Waals surface area (Å²) < 4.78 is 10.7. The molecule has 1 fully saturated rings. The number of carbonyl (C=O) groups is 1. The lowest BCUT2D eigenvalue weighted by Crippen LogP contribution is -2.18. The normalized spacial score (nSPS) is 16.3. The molecule has 1 saturated carbocycles. The maximum atomic E-state index is 12.0. The van der Waals surface area contributed by atoms with Crippen LogP contribution in [-0.2, 0) is 14.3 Å². The van der Waals surface area contributed by atoms with E-state index in [4.69, 9.17) is 9.47 Å². The molecule has 0 radical (unpaired) electrons. The van der Waals surface area contributed by atoms with Crippen LogP contribution >= 0.6 is 0 Å². The number of esters is 1. The van der Waals surface area contributed by atoms with Crippen molar-refractivity contribution in [3.05, 3.63) is 48.0 Å². The Morgan fingerprint density at radius 3 is 2.63 bits per heavy atom. The molecule has 19 heavy (non-hydrogen) atoms. The summed E-state index contributed by atoms with van der Waals surface area (Å²) in [5.74, 6) is -0.330. The number of benzene rings is 2. The van der Waals surface area contributed by atoms with E-state index in [0.29, 0.717) is 0 Å². The van der Waals surface area contributed by atoms with Gasteiger partial charge in [0.15, 0.2) is 6.10 Å². The molecule has 0 spiro atoms. The molecule has 3 rings (SSSR count). The number of hydrogen-bond donors (Lipinski definition) is 0. The third-order valence-corrected chi connectivity index (χ3v) is 3.37. The summed E-state index contributed by atoms with van der Waals surface area (Å²) in [5.41, 5.74) is 0.886. The highest BCUT2D eigenvalue weighted by Crippen LogP contribution is 2.34. The van der Waals surface area contributed by atoms with Gasteiger partial charge in [0.25, 0.3) is 0 Å². The summed E-state index contributed by atoms with van der Waals surface area (Å²) in [4.78, 5) is 12.0. The van der Waals surface area contributed by atoms with Gasteiger partial charge in [-0.05, 0) is 29.2 Å². The fraction of sp³-hybridized carbons (Fsp3) is 0.312.